The predicted octanol–water partition coefficient (Wildman–Crippen LogP) is 1.20. The Bertz CT molecular complexity index is 474. The number of nitrogens with one attached hydrogen (secondary N) is 1. The molecule has 0 spiro atoms. The van der Waals surface area contributed by atoms with Crippen molar-refractivity contribution in [3.05, 3.63) is 48.2 Å². The molecule has 0 aliphatic heterocycles. The molecule has 0 fully saturated rings. The summed E-state index contributed by atoms with van der Waals surface area (Å²) in [6.07, 6.45) is 0.960. The Balaban J connectivity index is 3.05. The van der Waals surface area contributed by atoms with Crippen LogP contribution in [0.4, 0.5) is 0 Å². The van der Waals surface area contributed by atoms with E-state index >= 15 is 0 Å². The van der Waals surface area contributed by atoms with Gasteiger partial charge in [0.2, 0.25) is 0 Å². The molecule has 0 bridgehead atoms. The first-order valence-corrected chi connectivity index (χ1v) is 5.70. The summed E-state index contributed by atoms with van der Waals surface area (Å²) in [6.45, 7) is 5.05. The molecule has 0 aromatic heterocycles. The van der Waals surface area contributed by atoms with Crippen molar-refractivity contribution in [2.24, 2.45) is 0 Å². The fourth-order valence-corrected chi connectivity index (χ4v) is 1.78. The van der Waals surface area contributed by atoms with Crippen LogP contribution in [0.15, 0.2) is 37.0 Å². The number of benzene rings is 1. The van der Waals surface area contributed by atoms with Gasteiger partial charge in [-0.1, -0.05) is 24.3 Å². The third kappa shape index (κ3) is 2.66. The second kappa shape index (κ2) is 4.27. The van der Waals surface area contributed by atoms with E-state index in [-0.39, 0.29) is 5.56 Å². The number of carbonyl (C=O) groups excluding carboxylic acids is 1. The number of hydrogen-bond acceptors (Lipinski definition) is 3. The van der Waals surface area contributed by atoms with Crippen LogP contribution >= 0.6 is 0 Å². The van der Waals surface area contributed by atoms with Crippen LogP contribution in [0.2, 0.25) is 0 Å². The summed E-state index contributed by atoms with van der Waals surface area (Å²) in [5.74, 6) is 0. The van der Waals surface area contributed by atoms with Crippen molar-refractivity contribution in [1.29, 1.82) is 0 Å². The van der Waals surface area contributed by atoms with Gasteiger partial charge in [0, 0.05) is 11.8 Å². The minimum absolute atomic E-state index is 0.134. The Morgan fingerprint density at radius 2 is 1.87 bits per heavy atom. The smallest absolute Gasteiger partial charge is 0.284 e. The fraction of sp³-hybridized carbons (Fsp3) is 0.100. The maximum atomic E-state index is 11.5. The normalized spacial score (nSPS) is 10.7. The summed E-state index contributed by atoms with van der Waals surface area (Å²) >= 11 is 0. The highest BCUT2D eigenvalue weighted by Crippen LogP contribution is 2.07. The highest BCUT2D eigenvalue weighted by atomic mass is 32.2. The van der Waals surface area contributed by atoms with E-state index in [1.807, 2.05) is 11.6 Å². The standard InChI is InChI=1S/C10H11NO3S/c1-3-11-15(13,14)10(12)9-6-4-8(2)5-7-9/h3-7,11H,1H2,2H3. The number of hydrogen-bond donors (Lipinski definition) is 1. The average Bonchev–Trinajstić information content (AvgIpc) is 2.18. The molecular weight excluding hydrogens is 214 g/mol. The molecule has 0 radical (unpaired) electrons. The molecule has 1 rings (SSSR count). The van der Waals surface area contributed by atoms with Crippen LogP contribution in [0, 0.1) is 6.92 Å². The van der Waals surface area contributed by atoms with Crippen molar-refractivity contribution in [1.82, 2.24) is 4.72 Å². The first-order valence-electron chi connectivity index (χ1n) is 4.21. The molecule has 0 saturated carbocycles. The van der Waals surface area contributed by atoms with Gasteiger partial charge < -0.3 is 0 Å². The Kier molecular flexibility index (Phi) is 3.26. The van der Waals surface area contributed by atoms with Gasteiger partial charge in [-0.2, -0.15) is 8.42 Å². The minimum Gasteiger partial charge on any atom is -0.284 e. The van der Waals surface area contributed by atoms with Gasteiger partial charge in [-0.3, -0.25) is 9.52 Å². The van der Waals surface area contributed by atoms with E-state index in [2.05, 4.69) is 6.58 Å². The molecule has 0 unspecified atom stereocenters. The van der Waals surface area contributed by atoms with Crippen LogP contribution in [0.5, 0.6) is 0 Å². The number of carbonyl (C=O) groups is 1. The third-order valence-electron chi connectivity index (χ3n) is 1.77. The molecule has 15 heavy (non-hydrogen) atoms. The molecule has 0 saturated heterocycles. The first-order chi connectivity index (χ1) is 6.97. The molecule has 5 heteroatoms. The van der Waals surface area contributed by atoms with E-state index in [1.54, 1.807) is 12.1 Å². The van der Waals surface area contributed by atoms with E-state index in [9.17, 15) is 13.2 Å². The maximum Gasteiger partial charge on any atom is 0.300 e. The zero-order chi connectivity index (χ0) is 11.5. The SMILES string of the molecule is C=CNS(=O)(=O)C(=O)c1ccc(C)cc1. The van der Waals surface area contributed by atoms with Crippen LogP contribution in [0.25, 0.3) is 0 Å². The van der Waals surface area contributed by atoms with E-state index in [0.29, 0.717) is 0 Å². The second-order valence-corrected chi connectivity index (χ2v) is 4.59. The van der Waals surface area contributed by atoms with Crippen molar-refractivity contribution in [2.45, 2.75) is 6.92 Å². The van der Waals surface area contributed by atoms with Crippen LogP contribution in [-0.4, -0.2) is 13.5 Å². The van der Waals surface area contributed by atoms with Crippen molar-refractivity contribution in [2.75, 3.05) is 0 Å². The van der Waals surface area contributed by atoms with Gasteiger partial charge in [0.25, 0.3) is 15.1 Å². The van der Waals surface area contributed by atoms with Gasteiger partial charge in [-0.15, -0.1) is 0 Å². The molecule has 4 nitrogen and oxygen atoms in total. The number of aryl methyl sites for hydroxylation is 1. The Morgan fingerprint density at radius 3 is 2.33 bits per heavy atom. The molecule has 0 amide bonds. The summed E-state index contributed by atoms with van der Waals surface area (Å²) in [7, 11) is -3.98. The van der Waals surface area contributed by atoms with E-state index < -0.39 is 15.1 Å². The number of rotatable bonds is 3. The molecule has 0 atom stereocenters. The first kappa shape index (κ1) is 11.5. The van der Waals surface area contributed by atoms with Gasteiger partial charge in [0.15, 0.2) is 0 Å². The van der Waals surface area contributed by atoms with Gasteiger partial charge in [0.05, 0.1) is 0 Å². The van der Waals surface area contributed by atoms with Gasteiger partial charge in [-0.25, -0.2) is 0 Å². The van der Waals surface area contributed by atoms with Crippen molar-refractivity contribution in [3.8, 4) is 0 Å². The Morgan fingerprint density at radius 1 is 1.33 bits per heavy atom. The Labute approximate surface area is 88.7 Å². The van der Waals surface area contributed by atoms with E-state index in [4.69, 9.17) is 0 Å². The predicted molar refractivity (Wildman–Crippen MR) is 57.8 cm³/mol. The van der Waals surface area contributed by atoms with E-state index in [0.717, 1.165) is 11.8 Å². The summed E-state index contributed by atoms with van der Waals surface area (Å²) in [6, 6.07) is 6.30. The molecule has 0 aliphatic carbocycles. The monoisotopic (exact) mass is 225 g/mol. The zero-order valence-electron chi connectivity index (χ0n) is 8.23. The molecule has 0 aliphatic rings. The largest absolute Gasteiger partial charge is 0.300 e. The van der Waals surface area contributed by atoms with Crippen LogP contribution in [0.1, 0.15) is 15.9 Å². The lowest BCUT2D eigenvalue weighted by molar-refractivity contribution is 0.107. The van der Waals surface area contributed by atoms with Crippen molar-refractivity contribution in [3.63, 3.8) is 0 Å². The summed E-state index contributed by atoms with van der Waals surface area (Å²) in [4.78, 5) is 11.5. The maximum absolute atomic E-state index is 11.5. The molecule has 80 valence electrons. The molecule has 1 N–H and O–H groups in total. The molecular formula is C10H11NO3S. The number of sulfonamides is 1. The lowest BCUT2D eigenvalue weighted by atomic mass is 10.2. The minimum atomic E-state index is -3.98. The summed E-state index contributed by atoms with van der Waals surface area (Å²) in [5.41, 5.74) is 1.09. The zero-order valence-corrected chi connectivity index (χ0v) is 9.04. The second-order valence-electron chi connectivity index (χ2n) is 2.98. The van der Waals surface area contributed by atoms with E-state index in [1.165, 1.54) is 12.1 Å². The topological polar surface area (TPSA) is 63.2 Å². The summed E-state index contributed by atoms with van der Waals surface area (Å²) < 4.78 is 24.5. The van der Waals surface area contributed by atoms with Gasteiger partial charge >= 0.3 is 0 Å². The lowest BCUT2D eigenvalue weighted by Gasteiger charge is -2.02. The van der Waals surface area contributed by atoms with Crippen LogP contribution in [0.3, 0.4) is 0 Å². The highest BCUT2D eigenvalue weighted by molar-refractivity contribution is 8.05. The fourth-order valence-electron chi connectivity index (χ4n) is 1.01. The van der Waals surface area contributed by atoms with Crippen molar-refractivity contribution < 1.29 is 13.2 Å². The molecule has 1 aromatic carbocycles. The summed E-state index contributed by atoms with van der Waals surface area (Å²) in [5, 5.41) is -0.956. The average molecular weight is 225 g/mol. The third-order valence-corrected chi connectivity index (χ3v) is 2.97. The van der Waals surface area contributed by atoms with Crippen LogP contribution in [-0.2, 0) is 10.0 Å². The van der Waals surface area contributed by atoms with Crippen LogP contribution < -0.4 is 4.72 Å². The molecule has 0 heterocycles. The van der Waals surface area contributed by atoms with Crippen molar-refractivity contribution >= 4 is 15.1 Å². The van der Waals surface area contributed by atoms with Gasteiger partial charge in [-0.05, 0) is 19.1 Å². The molecule has 1 aromatic rings. The lowest BCUT2D eigenvalue weighted by Crippen LogP contribution is -2.26. The Hall–Kier alpha value is -1.62. The highest BCUT2D eigenvalue weighted by Gasteiger charge is 2.21. The quantitative estimate of drug-likeness (QED) is 0.840. The van der Waals surface area contributed by atoms with Gasteiger partial charge in [0.1, 0.15) is 0 Å².